The molecule has 1 aliphatic heterocycles. The van der Waals surface area contributed by atoms with Gasteiger partial charge >= 0.3 is 12.3 Å². The highest BCUT2D eigenvalue weighted by atomic mass is 32.2. The highest BCUT2D eigenvalue weighted by molar-refractivity contribution is 7.86. The molecule has 3 aromatic carbocycles. The quantitative estimate of drug-likeness (QED) is 0.243. The molecule has 3 atom stereocenters. The van der Waals surface area contributed by atoms with Gasteiger partial charge in [-0.3, -0.25) is 4.18 Å². The van der Waals surface area contributed by atoms with Crippen LogP contribution in [-0.4, -0.2) is 44.4 Å². The molecule has 0 spiro atoms. The summed E-state index contributed by atoms with van der Waals surface area (Å²) in [5.74, 6) is -1.66. The van der Waals surface area contributed by atoms with Crippen LogP contribution in [0.5, 0.6) is 0 Å². The Morgan fingerprint density at radius 2 is 1.69 bits per heavy atom. The van der Waals surface area contributed by atoms with Gasteiger partial charge in [-0.1, -0.05) is 60.7 Å². The first-order valence-corrected chi connectivity index (χ1v) is 14.0. The molecule has 1 fully saturated rings. The van der Waals surface area contributed by atoms with Gasteiger partial charge in [0.2, 0.25) is 0 Å². The smallest absolute Gasteiger partial charge is 0.416 e. The molecule has 1 saturated heterocycles. The van der Waals surface area contributed by atoms with Gasteiger partial charge in [-0.25, -0.2) is 9.18 Å². The predicted octanol–water partition coefficient (Wildman–Crippen LogP) is 6.12. The van der Waals surface area contributed by atoms with Crippen LogP contribution in [0.25, 0.3) is 0 Å². The van der Waals surface area contributed by atoms with Crippen molar-refractivity contribution in [1.29, 1.82) is 0 Å². The van der Waals surface area contributed by atoms with Crippen LogP contribution in [0.3, 0.4) is 0 Å². The van der Waals surface area contributed by atoms with Crippen molar-refractivity contribution in [3.8, 4) is 0 Å². The largest absolute Gasteiger partial charge is 0.445 e. The predicted molar refractivity (Wildman–Crippen MR) is 136 cm³/mol. The van der Waals surface area contributed by atoms with Crippen LogP contribution < -0.4 is 0 Å². The minimum atomic E-state index is -4.66. The average Bonchev–Trinajstić information content (AvgIpc) is 3.38. The van der Waals surface area contributed by atoms with Gasteiger partial charge in [0.05, 0.1) is 17.9 Å². The summed E-state index contributed by atoms with van der Waals surface area (Å²) in [5, 5.41) is 0. The number of benzene rings is 3. The fraction of sp³-hybridized carbons (Fsp3) is 0.321. The molecule has 0 bridgehead atoms. The summed E-state index contributed by atoms with van der Waals surface area (Å²) in [6.45, 7) is 0.218. The molecule has 4 rings (SSSR count). The summed E-state index contributed by atoms with van der Waals surface area (Å²) >= 11 is 0. The topological polar surface area (TPSA) is 72.9 Å². The molecule has 0 aliphatic carbocycles. The van der Waals surface area contributed by atoms with Crippen molar-refractivity contribution < 1.29 is 39.7 Å². The molecule has 0 saturated carbocycles. The van der Waals surface area contributed by atoms with Crippen LogP contribution in [0.15, 0.2) is 78.9 Å². The van der Waals surface area contributed by atoms with Gasteiger partial charge in [-0.05, 0) is 47.7 Å². The Kier molecular flexibility index (Phi) is 8.60. The first-order valence-electron chi connectivity index (χ1n) is 12.2. The lowest BCUT2D eigenvalue weighted by Gasteiger charge is -2.36. The van der Waals surface area contributed by atoms with Crippen molar-refractivity contribution in [1.82, 2.24) is 4.90 Å². The second-order valence-electron chi connectivity index (χ2n) is 9.36. The second-order valence-corrected chi connectivity index (χ2v) is 11.0. The normalized spacial score (nSPS) is 17.6. The third-order valence-electron chi connectivity index (χ3n) is 6.53. The highest BCUT2D eigenvalue weighted by Crippen LogP contribution is 2.39. The van der Waals surface area contributed by atoms with Gasteiger partial charge in [0, 0.05) is 12.5 Å². The molecule has 1 amide bonds. The molecule has 39 heavy (non-hydrogen) atoms. The van der Waals surface area contributed by atoms with E-state index in [1.807, 2.05) is 6.07 Å². The number of ether oxygens (including phenoxy) is 1. The van der Waals surface area contributed by atoms with Crippen molar-refractivity contribution in [2.45, 2.75) is 43.7 Å². The Morgan fingerprint density at radius 3 is 2.33 bits per heavy atom. The summed E-state index contributed by atoms with van der Waals surface area (Å²) in [7, 11) is -4.15. The first kappa shape index (κ1) is 28.6. The number of alkyl halides is 3. The van der Waals surface area contributed by atoms with Crippen LogP contribution >= 0.6 is 0 Å². The number of halogens is 4. The van der Waals surface area contributed by atoms with Crippen molar-refractivity contribution in [3.63, 3.8) is 0 Å². The zero-order chi connectivity index (χ0) is 28.2. The fourth-order valence-electron chi connectivity index (χ4n) is 4.86. The standard InChI is InChI=1S/C28H27F4NO5S/c1-39(35,36)38-26(24-11-6-16-33(24)27(34)37-18-19-7-3-2-4-8-19)25(20-12-14-23(29)15-13-20)21-9-5-10-22(17-21)28(30,31)32/h2-5,7-10,12-15,17,24-26H,6,11,16,18H2,1H3/t24-,25-,26-/m1/s1. The molecule has 11 heteroatoms. The number of likely N-dealkylation sites (tertiary alicyclic amines) is 1. The molecule has 1 aliphatic rings. The molecular weight excluding hydrogens is 538 g/mol. The Bertz CT molecular complexity index is 1380. The van der Waals surface area contributed by atoms with E-state index < -0.39 is 51.8 Å². The van der Waals surface area contributed by atoms with Gasteiger partial charge in [-0.2, -0.15) is 21.6 Å². The lowest BCUT2D eigenvalue weighted by Crippen LogP contribution is -2.47. The van der Waals surface area contributed by atoms with E-state index >= 15 is 0 Å². The maximum atomic E-state index is 13.8. The number of rotatable bonds is 8. The summed E-state index contributed by atoms with van der Waals surface area (Å²) in [5.41, 5.74) is 0.248. The Morgan fingerprint density at radius 1 is 1.00 bits per heavy atom. The molecule has 0 aromatic heterocycles. The molecule has 6 nitrogen and oxygen atoms in total. The van der Waals surface area contributed by atoms with E-state index in [0.717, 1.165) is 36.1 Å². The lowest BCUT2D eigenvalue weighted by atomic mass is 9.82. The minimum absolute atomic E-state index is 0.0183. The van der Waals surface area contributed by atoms with E-state index in [2.05, 4.69) is 0 Å². The third kappa shape index (κ3) is 7.36. The number of hydrogen-bond donors (Lipinski definition) is 0. The summed E-state index contributed by atoms with van der Waals surface area (Å²) in [6.07, 6.45) is -5.03. The van der Waals surface area contributed by atoms with Crippen LogP contribution in [-0.2, 0) is 31.8 Å². The van der Waals surface area contributed by atoms with E-state index in [1.165, 1.54) is 29.2 Å². The Hall–Kier alpha value is -3.44. The molecule has 1 heterocycles. The van der Waals surface area contributed by atoms with Crippen molar-refractivity contribution in [2.24, 2.45) is 0 Å². The van der Waals surface area contributed by atoms with Crippen molar-refractivity contribution in [3.05, 3.63) is 107 Å². The number of carbonyl (C=O) groups excluding carboxylic acids is 1. The average molecular weight is 566 g/mol. The fourth-order valence-corrected chi connectivity index (χ4v) is 5.50. The highest BCUT2D eigenvalue weighted by Gasteiger charge is 2.43. The minimum Gasteiger partial charge on any atom is -0.445 e. The molecule has 0 radical (unpaired) electrons. The van der Waals surface area contributed by atoms with Gasteiger partial charge in [0.1, 0.15) is 18.5 Å². The van der Waals surface area contributed by atoms with Crippen molar-refractivity contribution >= 4 is 16.2 Å². The van der Waals surface area contributed by atoms with Gasteiger partial charge in [-0.15, -0.1) is 0 Å². The summed E-state index contributed by atoms with van der Waals surface area (Å²) in [4.78, 5) is 14.5. The number of carbonyl (C=O) groups is 1. The van der Waals surface area contributed by atoms with E-state index in [1.54, 1.807) is 24.3 Å². The van der Waals surface area contributed by atoms with E-state index in [9.17, 15) is 30.8 Å². The van der Waals surface area contributed by atoms with E-state index in [-0.39, 0.29) is 18.7 Å². The molecule has 208 valence electrons. The maximum Gasteiger partial charge on any atom is 0.416 e. The van der Waals surface area contributed by atoms with Gasteiger partial charge in [0.15, 0.2) is 0 Å². The first-order chi connectivity index (χ1) is 18.4. The van der Waals surface area contributed by atoms with E-state index in [4.69, 9.17) is 8.92 Å². The number of nitrogens with zero attached hydrogens (tertiary/aromatic N) is 1. The maximum absolute atomic E-state index is 13.8. The summed E-state index contributed by atoms with van der Waals surface area (Å²) in [6, 6.07) is 17.6. The molecular formula is C28H27F4NO5S. The third-order valence-corrected chi connectivity index (χ3v) is 7.11. The Balaban J connectivity index is 1.75. The Labute approximate surface area is 224 Å². The van der Waals surface area contributed by atoms with Gasteiger partial charge in [0.25, 0.3) is 10.1 Å². The van der Waals surface area contributed by atoms with Crippen LogP contribution in [0.2, 0.25) is 0 Å². The van der Waals surface area contributed by atoms with Crippen LogP contribution in [0, 0.1) is 5.82 Å². The zero-order valence-electron chi connectivity index (χ0n) is 21.0. The molecule has 3 aromatic rings. The second kappa shape index (κ2) is 11.7. The van der Waals surface area contributed by atoms with E-state index in [0.29, 0.717) is 18.4 Å². The molecule has 0 unspecified atom stereocenters. The number of hydrogen-bond acceptors (Lipinski definition) is 5. The van der Waals surface area contributed by atoms with Crippen LogP contribution in [0.4, 0.5) is 22.4 Å². The molecule has 0 N–H and O–H groups in total. The van der Waals surface area contributed by atoms with Crippen LogP contribution in [0.1, 0.15) is 41.0 Å². The SMILES string of the molecule is CS(=O)(=O)O[C@@H]([C@H](c1ccc(F)cc1)c1cccc(C(F)(F)F)c1)[C@H]1CCCN1C(=O)OCc1ccccc1. The summed E-state index contributed by atoms with van der Waals surface area (Å²) < 4.78 is 90.5. The van der Waals surface area contributed by atoms with Gasteiger partial charge < -0.3 is 9.64 Å². The lowest BCUT2D eigenvalue weighted by molar-refractivity contribution is -0.137. The monoisotopic (exact) mass is 565 g/mol. The zero-order valence-corrected chi connectivity index (χ0v) is 21.8. The number of amides is 1. The van der Waals surface area contributed by atoms with Crippen molar-refractivity contribution in [2.75, 3.05) is 12.8 Å².